The van der Waals surface area contributed by atoms with Gasteiger partial charge in [-0.05, 0) is 25.1 Å². The van der Waals surface area contributed by atoms with Gasteiger partial charge in [0.05, 0.1) is 17.5 Å². The highest BCUT2D eigenvalue weighted by Gasteiger charge is 2.33. The van der Waals surface area contributed by atoms with E-state index >= 15 is 0 Å². The van der Waals surface area contributed by atoms with Gasteiger partial charge in [0, 0.05) is 38.9 Å². The molecule has 0 N–H and O–H groups in total. The van der Waals surface area contributed by atoms with Crippen molar-refractivity contribution < 1.29 is 21.6 Å². The molecule has 0 aliphatic carbocycles. The van der Waals surface area contributed by atoms with E-state index in [-0.39, 0.29) is 18.0 Å². The maximum atomic E-state index is 12.9. The van der Waals surface area contributed by atoms with Crippen molar-refractivity contribution >= 4 is 15.7 Å². The maximum absolute atomic E-state index is 12.9. The Morgan fingerprint density at radius 1 is 1.12 bits per heavy atom. The van der Waals surface area contributed by atoms with Crippen LogP contribution >= 0.6 is 0 Å². The summed E-state index contributed by atoms with van der Waals surface area (Å²) in [5.41, 5.74) is 0.274. The number of aromatic nitrogens is 2. The molecule has 1 saturated heterocycles. The van der Waals surface area contributed by atoms with Crippen LogP contribution in [0.1, 0.15) is 11.3 Å². The van der Waals surface area contributed by atoms with Crippen molar-refractivity contribution in [3.63, 3.8) is 0 Å². The molecule has 0 unspecified atom stereocenters. The lowest BCUT2D eigenvalue weighted by atomic mass is 10.1. The molecule has 2 aromatic rings. The van der Waals surface area contributed by atoms with Gasteiger partial charge in [-0.3, -0.25) is 4.68 Å². The number of halogens is 3. The summed E-state index contributed by atoms with van der Waals surface area (Å²) in [6.45, 7) is 2.72. The zero-order valence-corrected chi connectivity index (χ0v) is 15.2. The summed E-state index contributed by atoms with van der Waals surface area (Å²) in [4.78, 5) is 1.92. The second-order valence-electron chi connectivity index (χ2n) is 6.16. The van der Waals surface area contributed by atoms with Crippen molar-refractivity contribution in [1.29, 1.82) is 0 Å². The van der Waals surface area contributed by atoms with Crippen LogP contribution in [0.3, 0.4) is 0 Å². The van der Waals surface area contributed by atoms with Crippen molar-refractivity contribution in [2.24, 2.45) is 7.05 Å². The summed E-state index contributed by atoms with van der Waals surface area (Å²) in [6, 6.07) is 5.08. The molecule has 0 bridgehead atoms. The Morgan fingerprint density at radius 2 is 1.77 bits per heavy atom. The first-order valence-corrected chi connectivity index (χ1v) is 9.45. The summed E-state index contributed by atoms with van der Waals surface area (Å²) in [5.74, 6) is 0. The van der Waals surface area contributed by atoms with Crippen molar-refractivity contribution in [3.05, 3.63) is 41.7 Å². The van der Waals surface area contributed by atoms with Crippen LogP contribution in [0.25, 0.3) is 0 Å². The Hall–Kier alpha value is -2.07. The molecule has 142 valence electrons. The molecule has 1 aromatic carbocycles. The predicted octanol–water partition coefficient (Wildman–Crippen LogP) is 2.26. The van der Waals surface area contributed by atoms with E-state index in [1.807, 2.05) is 0 Å². The number of anilines is 1. The van der Waals surface area contributed by atoms with E-state index in [9.17, 15) is 21.6 Å². The molecule has 1 fully saturated rings. The number of hydrogen-bond donors (Lipinski definition) is 0. The van der Waals surface area contributed by atoms with Crippen molar-refractivity contribution in [2.75, 3.05) is 31.1 Å². The fraction of sp³-hybridized carbons (Fsp3) is 0.438. The minimum absolute atomic E-state index is 0.160. The topological polar surface area (TPSA) is 58.4 Å². The molecule has 1 aliphatic rings. The lowest BCUT2D eigenvalue weighted by Gasteiger charge is -2.35. The van der Waals surface area contributed by atoms with E-state index in [4.69, 9.17) is 0 Å². The van der Waals surface area contributed by atoms with Crippen molar-refractivity contribution in [1.82, 2.24) is 14.1 Å². The van der Waals surface area contributed by atoms with Crippen LogP contribution < -0.4 is 4.90 Å². The Labute approximate surface area is 149 Å². The molecule has 0 radical (unpaired) electrons. The zero-order valence-electron chi connectivity index (χ0n) is 14.4. The molecule has 0 spiro atoms. The van der Waals surface area contributed by atoms with Gasteiger partial charge in [-0.15, -0.1) is 0 Å². The van der Waals surface area contributed by atoms with Gasteiger partial charge in [0.25, 0.3) is 0 Å². The SMILES string of the molecule is Cc1c(S(=O)(=O)N2CCN(c3cccc(C(F)(F)F)c3)CC2)cnn1C. The fourth-order valence-electron chi connectivity index (χ4n) is 2.94. The average molecular weight is 388 g/mol. The molecule has 6 nitrogen and oxygen atoms in total. The summed E-state index contributed by atoms with van der Waals surface area (Å²) < 4.78 is 67.0. The highest BCUT2D eigenvalue weighted by atomic mass is 32.2. The first-order chi connectivity index (χ1) is 12.1. The van der Waals surface area contributed by atoms with Gasteiger partial charge in [-0.1, -0.05) is 6.07 Å². The first-order valence-electron chi connectivity index (χ1n) is 8.01. The van der Waals surface area contributed by atoms with Gasteiger partial charge in [-0.2, -0.15) is 22.6 Å². The third-order valence-electron chi connectivity index (χ3n) is 4.59. The van der Waals surface area contributed by atoms with Crippen LogP contribution in [0.15, 0.2) is 35.4 Å². The van der Waals surface area contributed by atoms with Gasteiger partial charge in [0.15, 0.2) is 0 Å². The first kappa shape index (κ1) is 18.7. The van der Waals surface area contributed by atoms with Crippen LogP contribution in [-0.4, -0.2) is 48.7 Å². The molecule has 2 heterocycles. The van der Waals surface area contributed by atoms with Gasteiger partial charge in [0.2, 0.25) is 10.0 Å². The number of alkyl halides is 3. The quantitative estimate of drug-likeness (QED) is 0.809. The second kappa shape index (κ2) is 6.58. The number of hydrogen-bond acceptors (Lipinski definition) is 4. The molecular weight excluding hydrogens is 369 g/mol. The lowest BCUT2D eigenvalue weighted by molar-refractivity contribution is -0.137. The molecule has 1 aromatic heterocycles. The van der Waals surface area contributed by atoms with E-state index in [0.717, 1.165) is 12.1 Å². The van der Waals surface area contributed by atoms with Gasteiger partial charge in [0.1, 0.15) is 4.90 Å². The second-order valence-corrected chi connectivity index (χ2v) is 8.06. The van der Waals surface area contributed by atoms with Gasteiger partial charge in [-0.25, -0.2) is 8.42 Å². The van der Waals surface area contributed by atoms with E-state index in [1.165, 1.54) is 21.3 Å². The number of aryl methyl sites for hydroxylation is 1. The number of rotatable bonds is 3. The standard InChI is InChI=1S/C16H19F3N4O2S/c1-12-15(11-20-21(12)2)26(24,25)23-8-6-22(7-9-23)14-5-3-4-13(10-14)16(17,18)19/h3-5,10-11H,6-9H2,1-2H3. The molecule has 0 amide bonds. The molecule has 3 rings (SSSR count). The highest BCUT2D eigenvalue weighted by molar-refractivity contribution is 7.89. The Kier molecular flexibility index (Phi) is 4.74. The van der Waals surface area contributed by atoms with E-state index in [0.29, 0.717) is 24.5 Å². The largest absolute Gasteiger partial charge is 0.416 e. The molecule has 26 heavy (non-hydrogen) atoms. The zero-order chi connectivity index (χ0) is 19.1. The van der Waals surface area contributed by atoms with Crippen LogP contribution in [-0.2, 0) is 23.2 Å². The summed E-state index contributed by atoms with van der Waals surface area (Å²) >= 11 is 0. The maximum Gasteiger partial charge on any atom is 0.416 e. The van der Waals surface area contributed by atoms with Crippen LogP contribution in [0.4, 0.5) is 18.9 Å². The number of piperazine rings is 1. The molecule has 1 aliphatic heterocycles. The van der Waals surface area contributed by atoms with E-state index in [2.05, 4.69) is 5.10 Å². The Morgan fingerprint density at radius 3 is 2.31 bits per heavy atom. The highest BCUT2D eigenvalue weighted by Crippen LogP contribution is 2.32. The Balaban J connectivity index is 1.75. The monoisotopic (exact) mass is 388 g/mol. The van der Waals surface area contributed by atoms with Crippen molar-refractivity contribution in [3.8, 4) is 0 Å². The summed E-state index contributed by atoms with van der Waals surface area (Å²) in [7, 11) is -2.00. The van der Waals surface area contributed by atoms with Gasteiger partial charge < -0.3 is 4.90 Å². The van der Waals surface area contributed by atoms with E-state index in [1.54, 1.807) is 24.9 Å². The predicted molar refractivity (Wildman–Crippen MR) is 90.4 cm³/mol. The lowest BCUT2D eigenvalue weighted by Crippen LogP contribution is -2.48. The Bertz CT molecular complexity index is 900. The fourth-order valence-corrected chi connectivity index (χ4v) is 4.54. The number of sulfonamides is 1. The van der Waals surface area contributed by atoms with Crippen LogP contribution in [0.2, 0.25) is 0 Å². The third kappa shape index (κ3) is 3.43. The number of benzene rings is 1. The summed E-state index contributed by atoms with van der Waals surface area (Å²) in [5, 5.41) is 3.97. The van der Waals surface area contributed by atoms with Gasteiger partial charge >= 0.3 is 6.18 Å². The molecule has 0 atom stereocenters. The van der Waals surface area contributed by atoms with E-state index < -0.39 is 21.8 Å². The minimum Gasteiger partial charge on any atom is -0.369 e. The molecular formula is C16H19F3N4O2S. The molecule has 0 saturated carbocycles. The minimum atomic E-state index is -4.40. The smallest absolute Gasteiger partial charge is 0.369 e. The normalized spacial score (nSPS) is 16.9. The number of nitrogens with zero attached hydrogens (tertiary/aromatic N) is 4. The summed E-state index contributed by atoms with van der Waals surface area (Å²) in [6.07, 6.45) is -3.08. The average Bonchev–Trinajstić information content (AvgIpc) is 2.94. The third-order valence-corrected chi connectivity index (χ3v) is 6.59. The molecule has 10 heteroatoms. The van der Waals surface area contributed by atoms with Crippen LogP contribution in [0.5, 0.6) is 0 Å². The van der Waals surface area contributed by atoms with Crippen molar-refractivity contribution in [2.45, 2.75) is 18.0 Å². The van der Waals surface area contributed by atoms with Crippen LogP contribution in [0, 0.1) is 6.92 Å².